The van der Waals surface area contributed by atoms with E-state index in [4.69, 9.17) is 4.74 Å². The maximum absolute atomic E-state index is 11.6. The van der Waals surface area contributed by atoms with Gasteiger partial charge >= 0.3 is 5.97 Å². The fourth-order valence-corrected chi connectivity index (χ4v) is 4.53. The van der Waals surface area contributed by atoms with Gasteiger partial charge in [-0.15, -0.1) is 11.8 Å². The summed E-state index contributed by atoms with van der Waals surface area (Å²) in [5, 5.41) is 11.2. The van der Waals surface area contributed by atoms with Crippen LogP contribution in [0, 0.1) is 5.92 Å². The Balaban J connectivity index is 2.53. The largest absolute Gasteiger partial charge is 0.507 e. The number of hydrogen-bond donors (Lipinski definition) is 1. The molecular formula is C25H34O3S. The van der Waals surface area contributed by atoms with E-state index in [9.17, 15) is 9.90 Å². The number of carbonyl (C=O) groups excluding carboxylic acids is 1. The first-order valence-corrected chi connectivity index (χ1v) is 11.3. The number of methoxy groups -OCH3 is 1. The van der Waals surface area contributed by atoms with Gasteiger partial charge in [0.1, 0.15) is 5.75 Å². The van der Waals surface area contributed by atoms with Crippen molar-refractivity contribution >= 4 is 17.7 Å². The van der Waals surface area contributed by atoms with Crippen LogP contribution in [0.1, 0.15) is 68.5 Å². The number of phenolic OH excluding ortho intramolecular Hbond substituents is 1. The molecule has 2 aromatic rings. The number of phenols is 1. The molecule has 0 heterocycles. The number of carbonyl (C=O) groups is 1. The maximum atomic E-state index is 11.6. The third kappa shape index (κ3) is 6.53. The van der Waals surface area contributed by atoms with Crippen molar-refractivity contribution in [2.24, 2.45) is 5.92 Å². The summed E-state index contributed by atoms with van der Waals surface area (Å²) < 4.78 is 4.79. The molecule has 29 heavy (non-hydrogen) atoms. The zero-order valence-electron chi connectivity index (χ0n) is 18.5. The Kier molecular flexibility index (Phi) is 8.21. The molecule has 1 unspecified atom stereocenters. The molecule has 0 fully saturated rings. The van der Waals surface area contributed by atoms with Crippen LogP contribution in [-0.2, 0) is 21.4 Å². The second-order valence-corrected chi connectivity index (χ2v) is 10.1. The lowest BCUT2D eigenvalue weighted by molar-refractivity contribution is -0.140. The predicted molar refractivity (Wildman–Crippen MR) is 123 cm³/mol. The Morgan fingerprint density at radius 3 is 2.34 bits per heavy atom. The van der Waals surface area contributed by atoms with E-state index in [2.05, 4.69) is 58.9 Å². The molecule has 0 aliphatic heterocycles. The molecule has 0 aliphatic rings. The topological polar surface area (TPSA) is 46.5 Å². The van der Waals surface area contributed by atoms with Crippen LogP contribution in [0.2, 0.25) is 0 Å². The minimum atomic E-state index is -0.211. The summed E-state index contributed by atoms with van der Waals surface area (Å²) >= 11 is 1.67. The van der Waals surface area contributed by atoms with Crippen molar-refractivity contribution in [3.8, 4) is 5.75 Å². The molecule has 0 saturated carbocycles. The standard InChI is InChI=1S/C25H34O3S/c1-17(2)14-19-15-20(25(3,4)5)16-21(23(19)27)24(18-10-8-7-9-11-18)29-13-12-22(26)28-6/h7-11,15-17,24,27H,12-14H2,1-6H3. The van der Waals surface area contributed by atoms with Crippen LogP contribution in [0.5, 0.6) is 5.75 Å². The molecule has 0 amide bonds. The summed E-state index contributed by atoms with van der Waals surface area (Å²) in [6, 6.07) is 14.5. The molecule has 0 aliphatic carbocycles. The van der Waals surface area contributed by atoms with Crippen molar-refractivity contribution in [1.82, 2.24) is 0 Å². The summed E-state index contributed by atoms with van der Waals surface area (Å²) in [5.41, 5.74) is 4.24. The van der Waals surface area contributed by atoms with Gasteiger partial charge in [0, 0.05) is 11.3 Å². The van der Waals surface area contributed by atoms with Crippen LogP contribution in [0.15, 0.2) is 42.5 Å². The van der Waals surface area contributed by atoms with E-state index in [1.54, 1.807) is 11.8 Å². The number of ether oxygens (including phenoxy) is 1. The van der Waals surface area contributed by atoms with E-state index in [-0.39, 0.29) is 16.6 Å². The van der Waals surface area contributed by atoms with Crippen LogP contribution in [-0.4, -0.2) is 23.9 Å². The van der Waals surface area contributed by atoms with Crippen LogP contribution in [0.25, 0.3) is 0 Å². The summed E-state index contributed by atoms with van der Waals surface area (Å²) in [7, 11) is 1.42. The minimum absolute atomic E-state index is 0.0217. The van der Waals surface area contributed by atoms with E-state index in [0.717, 1.165) is 23.1 Å². The van der Waals surface area contributed by atoms with E-state index >= 15 is 0 Å². The molecule has 2 rings (SSSR count). The molecule has 3 nitrogen and oxygen atoms in total. The number of thioether (sulfide) groups is 1. The van der Waals surface area contributed by atoms with Crippen LogP contribution >= 0.6 is 11.8 Å². The monoisotopic (exact) mass is 414 g/mol. The molecule has 0 saturated heterocycles. The molecule has 2 aromatic carbocycles. The average Bonchev–Trinajstić information content (AvgIpc) is 2.66. The lowest BCUT2D eigenvalue weighted by atomic mass is 9.82. The third-order valence-corrected chi connectivity index (χ3v) is 6.21. The molecule has 1 N–H and O–H groups in total. The first-order chi connectivity index (χ1) is 13.6. The zero-order valence-corrected chi connectivity index (χ0v) is 19.3. The first-order valence-electron chi connectivity index (χ1n) is 10.2. The van der Waals surface area contributed by atoms with Gasteiger partial charge in [-0.2, -0.15) is 0 Å². The van der Waals surface area contributed by atoms with Crippen molar-refractivity contribution in [1.29, 1.82) is 0 Å². The van der Waals surface area contributed by atoms with Crippen molar-refractivity contribution in [3.63, 3.8) is 0 Å². The van der Waals surface area contributed by atoms with E-state index in [1.165, 1.54) is 12.7 Å². The van der Waals surface area contributed by atoms with Crippen LogP contribution in [0.3, 0.4) is 0 Å². The Morgan fingerprint density at radius 1 is 1.14 bits per heavy atom. The third-order valence-electron chi connectivity index (χ3n) is 4.92. The highest BCUT2D eigenvalue weighted by Gasteiger charge is 2.25. The normalized spacial score (nSPS) is 12.8. The van der Waals surface area contributed by atoms with Crippen molar-refractivity contribution in [2.75, 3.05) is 12.9 Å². The number of rotatable bonds is 8. The van der Waals surface area contributed by atoms with Gasteiger partial charge in [-0.05, 0) is 34.4 Å². The Labute approximate surface area is 179 Å². The molecule has 4 heteroatoms. The molecule has 0 radical (unpaired) electrons. The molecule has 0 aromatic heterocycles. The zero-order chi connectivity index (χ0) is 21.6. The highest BCUT2D eigenvalue weighted by Crippen LogP contribution is 2.44. The van der Waals surface area contributed by atoms with Gasteiger partial charge in [0.15, 0.2) is 0 Å². The van der Waals surface area contributed by atoms with Gasteiger partial charge in [-0.25, -0.2) is 0 Å². The van der Waals surface area contributed by atoms with Crippen LogP contribution in [0.4, 0.5) is 0 Å². The SMILES string of the molecule is COC(=O)CCSC(c1ccccc1)c1cc(C(C)(C)C)cc(CC(C)C)c1O. The second kappa shape index (κ2) is 10.2. The van der Waals surface area contributed by atoms with E-state index < -0.39 is 0 Å². The van der Waals surface area contributed by atoms with Gasteiger partial charge < -0.3 is 9.84 Å². The number of aromatic hydroxyl groups is 1. The molecule has 0 bridgehead atoms. The smallest absolute Gasteiger partial charge is 0.306 e. The molecule has 158 valence electrons. The number of hydrogen-bond acceptors (Lipinski definition) is 4. The van der Waals surface area contributed by atoms with Gasteiger partial charge in [-0.3, -0.25) is 4.79 Å². The summed E-state index contributed by atoms with van der Waals surface area (Å²) in [6.07, 6.45) is 1.18. The second-order valence-electron chi connectivity index (χ2n) is 8.91. The fraction of sp³-hybridized carbons (Fsp3) is 0.480. The predicted octanol–water partition coefficient (Wildman–Crippen LogP) is 6.27. The van der Waals surface area contributed by atoms with Crippen molar-refractivity contribution < 1.29 is 14.6 Å². The van der Waals surface area contributed by atoms with Crippen molar-refractivity contribution in [3.05, 3.63) is 64.7 Å². The molecule has 0 spiro atoms. The fourth-order valence-electron chi connectivity index (χ4n) is 3.30. The number of esters is 1. The Morgan fingerprint density at radius 2 is 1.79 bits per heavy atom. The van der Waals surface area contributed by atoms with Gasteiger partial charge in [-0.1, -0.05) is 77.1 Å². The minimum Gasteiger partial charge on any atom is -0.507 e. The molecule has 1 atom stereocenters. The summed E-state index contributed by atoms with van der Waals surface area (Å²) in [4.78, 5) is 11.6. The quantitative estimate of drug-likeness (QED) is 0.517. The Hall–Kier alpha value is -1.94. The maximum Gasteiger partial charge on any atom is 0.306 e. The first kappa shape index (κ1) is 23.3. The average molecular weight is 415 g/mol. The summed E-state index contributed by atoms with van der Waals surface area (Å²) in [6.45, 7) is 10.9. The van der Waals surface area contributed by atoms with Gasteiger partial charge in [0.2, 0.25) is 0 Å². The van der Waals surface area contributed by atoms with Crippen LogP contribution < -0.4 is 0 Å². The lowest BCUT2D eigenvalue weighted by Crippen LogP contribution is -2.14. The van der Waals surface area contributed by atoms with E-state index in [1.807, 2.05) is 18.2 Å². The summed E-state index contributed by atoms with van der Waals surface area (Å²) in [5.74, 6) is 1.25. The highest BCUT2D eigenvalue weighted by molar-refractivity contribution is 7.99. The molecular weight excluding hydrogens is 380 g/mol. The van der Waals surface area contributed by atoms with Gasteiger partial charge in [0.05, 0.1) is 18.8 Å². The Bertz CT molecular complexity index is 807. The number of benzene rings is 2. The van der Waals surface area contributed by atoms with E-state index in [0.29, 0.717) is 23.8 Å². The highest BCUT2D eigenvalue weighted by atomic mass is 32.2. The van der Waals surface area contributed by atoms with Crippen molar-refractivity contribution in [2.45, 2.75) is 58.1 Å². The lowest BCUT2D eigenvalue weighted by Gasteiger charge is -2.26. The van der Waals surface area contributed by atoms with Gasteiger partial charge in [0.25, 0.3) is 0 Å².